The molecule has 5 nitrogen and oxygen atoms in total. The third kappa shape index (κ3) is 4.93. The van der Waals surface area contributed by atoms with Crippen LogP contribution in [0.15, 0.2) is 36.5 Å². The summed E-state index contributed by atoms with van der Waals surface area (Å²) in [6.07, 6.45) is 3.06. The van der Waals surface area contributed by atoms with Crippen LogP contribution in [0.5, 0.6) is 0 Å². The van der Waals surface area contributed by atoms with Crippen molar-refractivity contribution in [2.75, 3.05) is 19.6 Å². The van der Waals surface area contributed by atoms with Crippen molar-refractivity contribution in [3.8, 4) is 0 Å². The molecule has 0 atom stereocenters. The van der Waals surface area contributed by atoms with Crippen LogP contribution >= 0.6 is 0 Å². The summed E-state index contributed by atoms with van der Waals surface area (Å²) in [6.45, 7) is 9.66. The highest BCUT2D eigenvalue weighted by Crippen LogP contribution is 2.13. The van der Waals surface area contributed by atoms with Gasteiger partial charge < -0.3 is 5.73 Å². The maximum atomic E-state index is 5.74. The van der Waals surface area contributed by atoms with Crippen LogP contribution in [0.25, 0.3) is 0 Å². The van der Waals surface area contributed by atoms with E-state index in [-0.39, 0.29) is 5.54 Å². The summed E-state index contributed by atoms with van der Waals surface area (Å²) in [5, 5.41) is 8.52. The van der Waals surface area contributed by atoms with Gasteiger partial charge in [-0.25, -0.2) is 4.68 Å². The molecular weight excluding hydrogens is 274 g/mol. The lowest BCUT2D eigenvalue weighted by molar-refractivity contribution is 0.273. The lowest BCUT2D eigenvalue weighted by atomic mass is 10.1. The largest absolute Gasteiger partial charge is 0.329 e. The van der Waals surface area contributed by atoms with Gasteiger partial charge in [-0.05, 0) is 32.8 Å². The van der Waals surface area contributed by atoms with Gasteiger partial charge in [0.15, 0.2) is 0 Å². The number of nitrogens with two attached hydrogens (primary N) is 1. The van der Waals surface area contributed by atoms with Gasteiger partial charge in [-0.15, -0.1) is 5.10 Å². The fourth-order valence-corrected chi connectivity index (χ4v) is 2.31. The molecule has 0 bridgehead atoms. The second-order valence-corrected chi connectivity index (χ2v) is 6.63. The minimum Gasteiger partial charge on any atom is -0.329 e. The van der Waals surface area contributed by atoms with Crippen molar-refractivity contribution in [1.82, 2.24) is 19.9 Å². The zero-order chi connectivity index (χ0) is 16.0. The van der Waals surface area contributed by atoms with Gasteiger partial charge in [0.25, 0.3) is 0 Å². The lowest BCUT2D eigenvalue weighted by Gasteiger charge is -2.20. The van der Waals surface area contributed by atoms with Crippen molar-refractivity contribution >= 4 is 0 Å². The van der Waals surface area contributed by atoms with Gasteiger partial charge in [0.1, 0.15) is 0 Å². The molecule has 2 rings (SSSR count). The third-order valence-electron chi connectivity index (χ3n) is 3.62. The minimum atomic E-state index is -0.0337. The van der Waals surface area contributed by atoms with Gasteiger partial charge in [-0.1, -0.05) is 35.5 Å². The average Bonchev–Trinajstić information content (AvgIpc) is 2.95. The van der Waals surface area contributed by atoms with Crippen molar-refractivity contribution in [2.45, 2.75) is 39.3 Å². The molecule has 1 aromatic carbocycles. The first kappa shape index (κ1) is 16.6. The van der Waals surface area contributed by atoms with Crippen LogP contribution < -0.4 is 5.73 Å². The number of benzene rings is 1. The standard InChI is InChI=1S/C17H27N5/c1-17(2,3)22-14-16(19-20-22)13-21(12-10-18)11-9-15-7-5-4-6-8-15/h4-8,14H,9-13,18H2,1-3H3. The molecule has 120 valence electrons. The third-order valence-corrected chi connectivity index (χ3v) is 3.62. The average molecular weight is 301 g/mol. The van der Waals surface area contributed by atoms with E-state index in [0.717, 1.165) is 31.7 Å². The Morgan fingerprint density at radius 3 is 2.45 bits per heavy atom. The molecular formula is C17H27N5. The predicted octanol–water partition coefficient (Wildman–Crippen LogP) is 2.04. The number of aromatic nitrogens is 3. The first-order valence-corrected chi connectivity index (χ1v) is 7.87. The highest BCUT2D eigenvalue weighted by molar-refractivity contribution is 5.14. The Bertz CT molecular complexity index is 556. The monoisotopic (exact) mass is 301 g/mol. The SMILES string of the molecule is CC(C)(C)n1cc(CN(CCN)CCc2ccccc2)nn1. The van der Waals surface area contributed by atoms with Crippen molar-refractivity contribution in [3.63, 3.8) is 0 Å². The van der Waals surface area contributed by atoms with Gasteiger partial charge in [0.05, 0.1) is 17.4 Å². The number of hydrogen-bond acceptors (Lipinski definition) is 4. The van der Waals surface area contributed by atoms with Crippen LogP contribution in [0.1, 0.15) is 32.0 Å². The maximum Gasteiger partial charge on any atom is 0.0967 e. The summed E-state index contributed by atoms with van der Waals surface area (Å²) in [7, 11) is 0. The summed E-state index contributed by atoms with van der Waals surface area (Å²) >= 11 is 0. The normalized spacial score (nSPS) is 12.0. The van der Waals surface area contributed by atoms with E-state index in [9.17, 15) is 0 Å². The first-order chi connectivity index (χ1) is 10.5. The van der Waals surface area contributed by atoms with Crippen molar-refractivity contribution < 1.29 is 0 Å². The van der Waals surface area contributed by atoms with Crippen molar-refractivity contribution in [2.24, 2.45) is 5.73 Å². The lowest BCUT2D eigenvalue weighted by Crippen LogP contribution is -2.31. The molecule has 0 amide bonds. The van der Waals surface area contributed by atoms with Crippen molar-refractivity contribution in [1.29, 1.82) is 0 Å². The van der Waals surface area contributed by atoms with Crippen molar-refractivity contribution in [3.05, 3.63) is 47.8 Å². The van der Waals surface area contributed by atoms with E-state index in [1.165, 1.54) is 5.56 Å². The van der Waals surface area contributed by atoms with E-state index in [1.54, 1.807) is 0 Å². The Labute approximate surface area is 133 Å². The molecule has 0 aliphatic heterocycles. The van der Waals surface area contributed by atoms with Crippen LogP contribution in [0.4, 0.5) is 0 Å². The van der Waals surface area contributed by atoms with Gasteiger partial charge >= 0.3 is 0 Å². The first-order valence-electron chi connectivity index (χ1n) is 7.87. The van der Waals surface area contributed by atoms with E-state index < -0.39 is 0 Å². The molecule has 22 heavy (non-hydrogen) atoms. The fourth-order valence-electron chi connectivity index (χ4n) is 2.31. The molecule has 5 heteroatoms. The Balaban J connectivity index is 1.95. The molecule has 0 saturated carbocycles. The van der Waals surface area contributed by atoms with E-state index in [4.69, 9.17) is 5.73 Å². The van der Waals surface area contributed by atoms with Crippen LogP contribution in [0.2, 0.25) is 0 Å². The molecule has 0 aliphatic carbocycles. The Hall–Kier alpha value is -1.72. The molecule has 0 radical (unpaired) electrons. The Morgan fingerprint density at radius 1 is 1.14 bits per heavy atom. The van der Waals surface area contributed by atoms with Gasteiger partial charge in [-0.3, -0.25) is 4.90 Å². The molecule has 0 spiro atoms. The molecule has 0 fully saturated rings. The molecule has 0 unspecified atom stereocenters. The predicted molar refractivity (Wildman–Crippen MR) is 89.5 cm³/mol. The smallest absolute Gasteiger partial charge is 0.0967 e. The van der Waals surface area contributed by atoms with E-state index in [2.05, 4.69) is 60.2 Å². The van der Waals surface area contributed by atoms with Crippen LogP contribution in [-0.2, 0) is 18.5 Å². The second-order valence-electron chi connectivity index (χ2n) is 6.63. The summed E-state index contributed by atoms with van der Waals surface area (Å²) in [5.41, 5.74) is 8.06. The summed E-state index contributed by atoms with van der Waals surface area (Å²) < 4.78 is 1.92. The quantitative estimate of drug-likeness (QED) is 0.850. The highest BCUT2D eigenvalue weighted by atomic mass is 15.4. The van der Waals surface area contributed by atoms with Gasteiger partial charge in [0, 0.05) is 26.2 Å². The molecule has 2 aromatic rings. The van der Waals surface area contributed by atoms with E-state index in [0.29, 0.717) is 6.54 Å². The number of rotatable bonds is 7. The zero-order valence-electron chi connectivity index (χ0n) is 13.9. The number of nitrogens with zero attached hydrogens (tertiary/aromatic N) is 4. The zero-order valence-corrected chi connectivity index (χ0v) is 13.9. The minimum absolute atomic E-state index is 0.0337. The van der Waals surface area contributed by atoms with Crippen LogP contribution in [0, 0.1) is 0 Å². The van der Waals surface area contributed by atoms with E-state index >= 15 is 0 Å². The molecule has 1 aromatic heterocycles. The topological polar surface area (TPSA) is 60.0 Å². The van der Waals surface area contributed by atoms with Crippen LogP contribution in [-0.4, -0.2) is 39.5 Å². The summed E-state index contributed by atoms with van der Waals surface area (Å²) in [4.78, 5) is 2.34. The maximum absolute atomic E-state index is 5.74. The Kier molecular flexibility index (Phi) is 5.69. The Morgan fingerprint density at radius 2 is 1.86 bits per heavy atom. The molecule has 0 saturated heterocycles. The van der Waals surface area contributed by atoms with Gasteiger partial charge in [-0.2, -0.15) is 0 Å². The number of hydrogen-bond donors (Lipinski definition) is 1. The molecule has 1 heterocycles. The van der Waals surface area contributed by atoms with Gasteiger partial charge in [0.2, 0.25) is 0 Å². The van der Waals surface area contributed by atoms with Crippen LogP contribution in [0.3, 0.4) is 0 Å². The molecule has 0 aliphatic rings. The fraction of sp³-hybridized carbons (Fsp3) is 0.529. The summed E-state index contributed by atoms with van der Waals surface area (Å²) in [5.74, 6) is 0. The highest BCUT2D eigenvalue weighted by Gasteiger charge is 2.16. The molecule has 2 N–H and O–H groups in total. The summed E-state index contributed by atoms with van der Waals surface area (Å²) in [6, 6.07) is 10.5. The second kappa shape index (κ2) is 7.51. The van der Waals surface area contributed by atoms with E-state index in [1.807, 2.05) is 16.9 Å².